The Morgan fingerprint density at radius 2 is 1.95 bits per heavy atom. The van der Waals surface area contributed by atoms with Crippen LogP contribution in [0, 0.1) is 5.82 Å². The largest absolute Gasteiger partial charge is 0.372 e. The smallest absolute Gasteiger partial charge is 0.128 e. The minimum absolute atomic E-state index is 0.240. The third-order valence-electron chi connectivity index (χ3n) is 2.91. The molecule has 0 saturated carbocycles. The van der Waals surface area contributed by atoms with Crippen molar-refractivity contribution < 1.29 is 9.13 Å². The Hall–Kier alpha value is -1.42. The first-order valence-electron chi connectivity index (χ1n) is 6.43. The molecule has 0 atom stereocenters. The SMILES string of the molecule is CNCc1ccc(F)c(COCc2cccc(Cl)c2)c1. The van der Waals surface area contributed by atoms with Crippen molar-refractivity contribution in [1.29, 1.82) is 0 Å². The van der Waals surface area contributed by atoms with E-state index in [4.69, 9.17) is 16.3 Å². The zero-order valence-corrected chi connectivity index (χ0v) is 12.1. The highest BCUT2D eigenvalue weighted by Crippen LogP contribution is 2.15. The van der Waals surface area contributed by atoms with Gasteiger partial charge in [-0.1, -0.05) is 29.8 Å². The van der Waals surface area contributed by atoms with E-state index in [0.29, 0.717) is 23.7 Å². The average Bonchev–Trinajstić information content (AvgIpc) is 2.43. The molecule has 2 aromatic rings. The standard InChI is InChI=1S/C16H17ClFNO/c1-19-9-12-5-6-16(18)14(7-12)11-20-10-13-3-2-4-15(17)8-13/h2-8,19H,9-11H2,1H3. The van der Waals surface area contributed by atoms with Crippen molar-refractivity contribution in [3.8, 4) is 0 Å². The molecule has 4 heteroatoms. The molecule has 0 aliphatic rings. The van der Waals surface area contributed by atoms with Gasteiger partial charge in [-0.15, -0.1) is 0 Å². The first kappa shape index (κ1) is 15.0. The van der Waals surface area contributed by atoms with Crippen LogP contribution in [0.2, 0.25) is 5.02 Å². The summed E-state index contributed by atoms with van der Waals surface area (Å²) in [6, 6.07) is 12.5. The molecule has 0 radical (unpaired) electrons. The number of nitrogens with one attached hydrogen (secondary N) is 1. The minimum atomic E-state index is -0.240. The van der Waals surface area contributed by atoms with Gasteiger partial charge in [-0.25, -0.2) is 4.39 Å². The van der Waals surface area contributed by atoms with Crippen LogP contribution in [0.25, 0.3) is 0 Å². The van der Waals surface area contributed by atoms with Crippen molar-refractivity contribution in [1.82, 2.24) is 5.32 Å². The summed E-state index contributed by atoms with van der Waals surface area (Å²) in [5, 5.41) is 3.72. The number of hydrogen-bond acceptors (Lipinski definition) is 2. The number of rotatable bonds is 6. The van der Waals surface area contributed by atoms with E-state index >= 15 is 0 Å². The van der Waals surface area contributed by atoms with Gasteiger partial charge in [-0.05, 0) is 42.4 Å². The molecule has 0 bridgehead atoms. The van der Waals surface area contributed by atoms with E-state index in [1.807, 2.05) is 37.4 Å². The van der Waals surface area contributed by atoms with Gasteiger partial charge in [0.2, 0.25) is 0 Å². The molecule has 0 aliphatic heterocycles. The second-order valence-corrected chi connectivity index (χ2v) is 5.02. The predicted octanol–water partition coefficient (Wildman–Crippen LogP) is 3.92. The molecule has 0 amide bonds. The molecular weight excluding hydrogens is 277 g/mol. The van der Waals surface area contributed by atoms with Gasteiger partial charge in [-0.3, -0.25) is 0 Å². The highest BCUT2D eigenvalue weighted by atomic mass is 35.5. The third-order valence-corrected chi connectivity index (χ3v) is 3.14. The first-order valence-corrected chi connectivity index (χ1v) is 6.81. The molecule has 0 saturated heterocycles. The van der Waals surface area contributed by atoms with Crippen LogP contribution in [0.5, 0.6) is 0 Å². The van der Waals surface area contributed by atoms with E-state index in [9.17, 15) is 4.39 Å². The summed E-state index contributed by atoms with van der Waals surface area (Å²) >= 11 is 5.90. The maximum absolute atomic E-state index is 13.7. The fourth-order valence-electron chi connectivity index (χ4n) is 1.96. The van der Waals surface area contributed by atoms with Crippen LogP contribution in [0.15, 0.2) is 42.5 Å². The fraction of sp³-hybridized carbons (Fsp3) is 0.250. The molecule has 106 valence electrons. The Kier molecular flexibility index (Phi) is 5.53. The van der Waals surface area contributed by atoms with Crippen LogP contribution in [0.4, 0.5) is 4.39 Å². The zero-order valence-electron chi connectivity index (χ0n) is 11.3. The number of ether oxygens (including phenoxy) is 1. The Morgan fingerprint density at radius 1 is 1.10 bits per heavy atom. The predicted molar refractivity (Wildman–Crippen MR) is 79.1 cm³/mol. The van der Waals surface area contributed by atoms with Gasteiger partial charge in [0.05, 0.1) is 13.2 Å². The molecule has 2 rings (SSSR count). The van der Waals surface area contributed by atoms with E-state index < -0.39 is 0 Å². The van der Waals surface area contributed by atoms with Crippen LogP contribution in [0.3, 0.4) is 0 Å². The lowest BCUT2D eigenvalue weighted by Gasteiger charge is -2.08. The van der Waals surface area contributed by atoms with E-state index in [1.54, 1.807) is 6.07 Å². The number of benzene rings is 2. The molecular formula is C16H17ClFNO. The Bertz CT molecular complexity index is 574. The molecule has 2 nitrogen and oxygen atoms in total. The van der Waals surface area contributed by atoms with Crippen LogP contribution < -0.4 is 5.32 Å². The van der Waals surface area contributed by atoms with Crippen LogP contribution in [-0.4, -0.2) is 7.05 Å². The second-order valence-electron chi connectivity index (χ2n) is 4.58. The quantitative estimate of drug-likeness (QED) is 0.872. The van der Waals surface area contributed by atoms with Gasteiger partial charge >= 0.3 is 0 Å². The van der Waals surface area contributed by atoms with Gasteiger partial charge in [0, 0.05) is 17.1 Å². The van der Waals surface area contributed by atoms with Crippen molar-refractivity contribution in [2.75, 3.05) is 7.05 Å². The van der Waals surface area contributed by atoms with Gasteiger partial charge in [0.1, 0.15) is 5.82 Å². The van der Waals surface area contributed by atoms with Crippen molar-refractivity contribution >= 4 is 11.6 Å². The van der Waals surface area contributed by atoms with E-state index in [-0.39, 0.29) is 12.4 Å². The summed E-state index contributed by atoms with van der Waals surface area (Å²) in [6.07, 6.45) is 0. The molecule has 0 fully saturated rings. The van der Waals surface area contributed by atoms with E-state index in [2.05, 4.69) is 5.32 Å². The van der Waals surface area contributed by atoms with Crippen molar-refractivity contribution in [3.05, 3.63) is 70.0 Å². The summed E-state index contributed by atoms with van der Waals surface area (Å²) in [7, 11) is 1.86. The lowest BCUT2D eigenvalue weighted by atomic mass is 10.1. The molecule has 2 aromatic carbocycles. The highest BCUT2D eigenvalue weighted by molar-refractivity contribution is 6.30. The van der Waals surface area contributed by atoms with Crippen molar-refractivity contribution in [2.45, 2.75) is 19.8 Å². The Morgan fingerprint density at radius 3 is 2.70 bits per heavy atom. The monoisotopic (exact) mass is 293 g/mol. The van der Waals surface area contributed by atoms with Gasteiger partial charge in [0.15, 0.2) is 0 Å². The van der Waals surface area contributed by atoms with Gasteiger partial charge < -0.3 is 10.1 Å². The molecule has 20 heavy (non-hydrogen) atoms. The van der Waals surface area contributed by atoms with Gasteiger partial charge in [-0.2, -0.15) is 0 Å². The van der Waals surface area contributed by atoms with Crippen LogP contribution in [-0.2, 0) is 24.5 Å². The summed E-state index contributed by atoms with van der Waals surface area (Å²) in [4.78, 5) is 0. The molecule has 0 aliphatic carbocycles. The highest BCUT2D eigenvalue weighted by Gasteiger charge is 2.04. The minimum Gasteiger partial charge on any atom is -0.372 e. The maximum Gasteiger partial charge on any atom is 0.128 e. The van der Waals surface area contributed by atoms with Crippen molar-refractivity contribution in [2.24, 2.45) is 0 Å². The Labute approximate surface area is 123 Å². The fourth-order valence-corrected chi connectivity index (χ4v) is 2.17. The number of hydrogen-bond donors (Lipinski definition) is 1. The third kappa shape index (κ3) is 4.30. The van der Waals surface area contributed by atoms with E-state index in [1.165, 1.54) is 6.07 Å². The summed E-state index contributed by atoms with van der Waals surface area (Å²) in [5.41, 5.74) is 2.58. The second kappa shape index (κ2) is 7.39. The van der Waals surface area contributed by atoms with Crippen LogP contribution in [0.1, 0.15) is 16.7 Å². The normalized spacial score (nSPS) is 10.8. The summed E-state index contributed by atoms with van der Waals surface area (Å²) in [5.74, 6) is -0.240. The zero-order chi connectivity index (χ0) is 14.4. The molecule has 1 N–H and O–H groups in total. The maximum atomic E-state index is 13.7. The summed E-state index contributed by atoms with van der Waals surface area (Å²) < 4.78 is 19.2. The Balaban J connectivity index is 1.95. The molecule has 0 unspecified atom stereocenters. The van der Waals surface area contributed by atoms with E-state index in [0.717, 1.165) is 11.1 Å². The van der Waals surface area contributed by atoms with Crippen LogP contribution >= 0.6 is 11.6 Å². The lowest BCUT2D eigenvalue weighted by Crippen LogP contribution is -2.06. The van der Waals surface area contributed by atoms with Gasteiger partial charge in [0.25, 0.3) is 0 Å². The molecule has 0 spiro atoms. The topological polar surface area (TPSA) is 21.3 Å². The first-order chi connectivity index (χ1) is 9.69. The summed E-state index contributed by atoms with van der Waals surface area (Å²) in [6.45, 7) is 1.37. The lowest BCUT2D eigenvalue weighted by molar-refractivity contribution is 0.105. The molecule has 0 aromatic heterocycles. The van der Waals surface area contributed by atoms with Crippen molar-refractivity contribution in [3.63, 3.8) is 0 Å². The molecule has 0 heterocycles. The number of halogens is 2. The average molecular weight is 294 g/mol.